The minimum atomic E-state index is 0.522. The number of rotatable bonds is 3. The molecule has 0 amide bonds. The summed E-state index contributed by atoms with van der Waals surface area (Å²) in [5, 5.41) is 0. The minimum Gasteiger partial charge on any atom is -0.253 e. The fourth-order valence-corrected chi connectivity index (χ4v) is 4.34. The van der Waals surface area contributed by atoms with E-state index < -0.39 is 0 Å². The predicted molar refractivity (Wildman–Crippen MR) is 52.3 cm³/mol. The maximum absolute atomic E-state index is 2.30. The van der Waals surface area contributed by atoms with Gasteiger partial charge in [0.15, 0.2) is 0 Å². The lowest BCUT2D eigenvalue weighted by Crippen LogP contribution is -2.05. The van der Waals surface area contributed by atoms with Crippen LogP contribution in [-0.4, -0.2) is 17.3 Å². The first kappa shape index (κ1) is 8.45. The lowest BCUT2D eigenvalue weighted by molar-refractivity contribution is 0.754. The summed E-state index contributed by atoms with van der Waals surface area (Å²) in [4.78, 5) is 0. The third kappa shape index (κ3) is 2.96. The molecule has 0 saturated carbocycles. The molecule has 0 aliphatic carbocycles. The first-order chi connectivity index (χ1) is 4.93. The van der Waals surface area contributed by atoms with Crippen LogP contribution in [0.5, 0.6) is 0 Å². The first-order valence-corrected chi connectivity index (χ1v) is 6.55. The summed E-state index contributed by atoms with van der Waals surface area (Å²) in [5.41, 5.74) is 0. The molecule has 1 fully saturated rings. The standard InChI is InChI=1S/C9H20S/c1-2-3-7-10-8-5-4-6-9-10/h10H,2-9H2,1H3. The van der Waals surface area contributed by atoms with Gasteiger partial charge in [0.1, 0.15) is 0 Å². The largest absolute Gasteiger partial charge is 0.253 e. The molecule has 0 spiro atoms. The maximum atomic E-state index is 2.30. The summed E-state index contributed by atoms with van der Waals surface area (Å²) in [6.07, 6.45) is 7.49. The van der Waals surface area contributed by atoms with Crippen LogP contribution in [0.3, 0.4) is 0 Å². The van der Waals surface area contributed by atoms with Gasteiger partial charge in [0.2, 0.25) is 0 Å². The Morgan fingerprint density at radius 1 is 1.10 bits per heavy atom. The van der Waals surface area contributed by atoms with Crippen molar-refractivity contribution in [2.24, 2.45) is 0 Å². The zero-order valence-corrected chi connectivity index (χ0v) is 8.00. The Hall–Kier alpha value is 0.350. The van der Waals surface area contributed by atoms with E-state index >= 15 is 0 Å². The second-order valence-corrected chi connectivity index (χ2v) is 5.94. The highest BCUT2D eigenvalue weighted by Crippen LogP contribution is 2.33. The van der Waals surface area contributed by atoms with E-state index in [1.165, 1.54) is 32.1 Å². The number of hydrogen-bond donors (Lipinski definition) is 1. The molecule has 0 unspecified atom stereocenters. The molecule has 0 bridgehead atoms. The SMILES string of the molecule is CCCC[SH]1CCCCC1. The van der Waals surface area contributed by atoms with E-state index in [0.29, 0.717) is 10.9 Å². The van der Waals surface area contributed by atoms with Crippen LogP contribution in [0.2, 0.25) is 0 Å². The van der Waals surface area contributed by atoms with Crippen molar-refractivity contribution in [1.29, 1.82) is 0 Å². The quantitative estimate of drug-likeness (QED) is 0.603. The summed E-state index contributed by atoms with van der Waals surface area (Å²) < 4.78 is 0. The molecule has 0 atom stereocenters. The van der Waals surface area contributed by atoms with Crippen LogP contribution in [-0.2, 0) is 0 Å². The maximum Gasteiger partial charge on any atom is -0.0253 e. The van der Waals surface area contributed by atoms with Gasteiger partial charge in [-0.05, 0) is 36.5 Å². The zero-order valence-electron chi connectivity index (χ0n) is 7.10. The Balaban J connectivity index is 2.02. The van der Waals surface area contributed by atoms with Crippen molar-refractivity contribution in [2.75, 3.05) is 17.3 Å². The Morgan fingerprint density at radius 2 is 1.80 bits per heavy atom. The smallest absolute Gasteiger partial charge is 0.0253 e. The van der Waals surface area contributed by atoms with Gasteiger partial charge in [-0.25, -0.2) is 0 Å². The molecule has 0 N–H and O–H groups in total. The normalized spacial score (nSPS) is 23.1. The molecule has 0 aromatic carbocycles. The van der Waals surface area contributed by atoms with Crippen LogP contribution in [0.15, 0.2) is 0 Å². The highest BCUT2D eigenvalue weighted by molar-refractivity contribution is 8.17. The van der Waals surface area contributed by atoms with Crippen molar-refractivity contribution >= 4 is 10.9 Å². The molecule has 1 rings (SSSR count). The lowest BCUT2D eigenvalue weighted by Gasteiger charge is -2.25. The highest BCUT2D eigenvalue weighted by atomic mass is 32.2. The van der Waals surface area contributed by atoms with Crippen molar-refractivity contribution in [3.8, 4) is 0 Å². The zero-order chi connectivity index (χ0) is 7.23. The Morgan fingerprint density at radius 3 is 2.40 bits per heavy atom. The number of unbranched alkanes of at least 4 members (excludes halogenated alkanes) is 1. The van der Waals surface area contributed by atoms with E-state index in [0.717, 1.165) is 0 Å². The van der Waals surface area contributed by atoms with Crippen LogP contribution in [0.4, 0.5) is 0 Å². The van der Waals surface area contributed by atoms with E-state index in [1.807, 2.05) is 0 Å². The fourth-order valence-electron chi connectivity index (χ4n) is 1.56. The molecule has 1 heteroatoms. The van der Waals surface area contributed by atoms with Crippen LogP contribution in [0, 0.1) is 0 Å². The van der Waals surface area contributed by atoms with Crippen LogP contribution >= 0.6 is 10.9 Å². The molecule has 0 radical (unpaired) electrons. The average Bonchev–Trinajstić information content (AvgIpc) is 2.03. The van der Waals surface area contributed by atoms with Gasteiger partial charge < -0.3 is 0 Å². The Kier molecular flexibility index (Phi) is 4.27. The molecule has 0 nitrogen and oxygen atoms in total. The molecular formula is C9H20S. The molecule has 1 saturated heterocycles. The van der Waals surface area contributed by atoms with Gasteiger partial charge >= 0.3 is 0 Å². The van der Waals surface area contributed by atoms with Gasteiger partial charge in [0.25, 0.3) is 0 Å². The summed E-state index contributed by atoms with van der Waals surface area (Å²) in [7, 11) is 0.522. The van der Waals surface area contributed by atoms with Crippen LogP contribution in [0.1, 0.15) is 39.0 Å². The van der Waals surface area contributed by atoms with Gasteiger partial charge in [0, 0.05) is 0 Å². The second kappa shape index (κ2) is 5.06. The molecule has 1 aliphatic heterocycles. The Bertz CT molecular complexity index is 74.8. The molecule has 0 aromatic heterocycles. The van der Waals surface area contributed by atoms with Gasteiger partial charge in [-0.1, -0.05) is 19.8 Å². The van der Waals surface area contributed by atoms with E-state index in [9.17, 15) is 0 Å². The average molecular weight is 160 g/mol. The summed E-state index contributed by atoms with van der Waals surface area (Å²) in [5.74, 6) is 4.76. The first-order valence-electron chi connectivity index (χ1n) is 4.66. The van der Waals surface area contributed by atoms with Gasteiger partial charge in [-0.15, -0.1) is 0 Å². The molecule has 62 valence electrons. The van der Waals surface area contributed by atoms with E-state index in [4.69, 9.17) is 0 Å². The van der Waals surface area contributed by atoms with Gasteiger partial charge in [0.05, 0.1) is 0 Å². The second-order valence-electron chi connectivity index (χ2n) is 3.26. The van der Waals surface area contributed by atoms with Gasteiger partial charge in [-0.3, -0.25) is 10.9 Å². The minimum absolute atomic E-state index is 0.522. The number of hydrogen-bond acceptors (Lipinski definition) is 0. The monoisotopic (exact) mass is 160 g/mol. The van der Waals surface area contributed by atoms with Crippen LogP contribution in [0.25, 0.3) is 0 Å². The topological polar surface area (TPSA) is 0 Å². The molecule has 1 aliphatic rings. The van der Waals surface area contributed by atoms with E-state index in [2.05, 4.69) is 6.92 Å². The van der Waals surface area contributed by atoms with Crippen molar-refractivity contribution in [2.45, 2.75) is 39.0 Å². The molecule has 10 heavy (non-hydrogen) atoms. The van der Waals surface area contributed by atoms with E-state index in [-0.39, 0.29) is 0 Å². The molecule has 0 aromatic rings. The van der Waals surface area contributed by atoms with Crippen molar-refractivity contribution in [3.63, 3.8) is 0 Å². The molecule has 1 heterocycles. The highest BCUT2D eigenvalue weighted by Gasteiger charge is 2.07. The van der Waals surface area contributed by atoms with Crippen molar-refractivity contribution in [1.82, 2.24) is 0 Å². The summed E-state index contributed by atoms with van der Waals surface area (Å²) >= 11 is 0. The van der Waals surface area contributed by atoms with Crippen molar-refractivity contribution < 1.29 is 0 Å². The summed E-state index contributed by atoms with van der Waals surface area (Å²) in [6, 6.07) is 0. The van der Waals surface area contributed by atoms with Crippen molar-refractivity contribution in [3.05, 3.63) is 0 Å². The fraction of sp³-hybridized carbons (Fsp3) is 1.00. The third-order valence-corrected chi connectivity index (χ3v) is 5.12. The predicted octanol–water partition coefficient (Wildman–Crippen LogP) is 2.97. The summed E-state index contributed by atoms with van der Waals surface area (Å²) in [6.45, 7) is 2.30. The van der Waals surface area contributed by atoms with Gasteiger partial charge in [-0.2, -0.15) is 0 Å². The third-order valence-electron chi connectivity index (χ3n) is 2.28. The number of thiol groups is 1. The lowest BCUT2D eigenvalue weighted by atomic mass is 10.3. The van der Waals surface area contributed by atoms with Crippen LogP contribution < -0.4 is 0 Å². The molecular weight excluding hydrogens is 140 g/mol. The van der Waals surface area contributed by atoms with E-state index in [1.54, 1.807) is 17.3 Å². The Labute approximate surface area is 67.7 Å².